The van der Waals surface area contributed by atoms with Crippen molar-refractivity contribution < 1.29 is 22.5 Å². The molecular weight excluding hydrogens is 343 g/mol. The van der Waals surface area contributed by atoms with Crippen LogP contribution in [0.15, 0.2) is 22.9 Å². The highest BCUT2D eigenvalue weighted by molar-refractivity contribution is 5.65. The fourth-order valence-electron chi connectivity index (χ4n) is 1.90. The van der Waals surface area contributed by atoms with Crippen molar-refractivity contribution in [1.82, 2.24) is 30.1 Å². The third-order valence-electron chi connectivity index (χ3n) is 2.81. The van der Waals surface area contributed by atoms with E-state index in [-0.39, 0.29) is 12.2 Å². The van der Waals surface area contributed by atoms with Crippen LogP contribution in [0.1, 0.15) is 11.6 Å². The standard InChI is InChI=1S/C12H9F3N6O.CH3NO/c1-6-9(19-21(2)18-6)8-5-7(3-4-16-8)10-17-11(22-20-10)12(13,14)15;2-1-3/h3-5H,1-2H3;1H,(H2,2,3). The van der Waals surface area contributed by atoms with Crippen molar-refractivity contribution in [2.24, 2.45) is 12.8 Å². The zero-order valence-electron chi connectivity index (χ0n) is 13.0. The molecule has 0 saturated carbocycles. The van der Waals surface area contributed by atoms with Crippen LogP contribution in [0.25, 0.3) is 22.8 Å². The summed E-state index contributed by atoms with van der Waals surface area (Å²) < 4.78 is 41.7. The lowest BCUT2D eigenvalue weighted by atomic mass is 10.1. The second kappa shape index (κ2) is 7.07. The van der Waals surface area contributed by atoms with Crippen LogP contribution in [0.5, 0.6) is 0 Å². The van der Waals surface area contributed by atoms with Crippen molar-refractivity contribution in [2.45, 2.75) is 13.1 Å². The van der Waals surface area contributed by atoms with Gasteiger partial charge in [-0.25, -0.2) is 0 Å². The minimum atomic E-state index is -4.68. The molecule has 132 valence electrons. The van der Waals surface area contributed by atoms with Crippen LogP contribution < -0.4 is 5.73 Å². The number of carbonyl (C=O) groups is 1. The first-order valence-electron chi connectivity index (χ1n) is 6.67. The van der Waals surface area contributed by atoms with Crippen molar-refractivity contribution in [3.05, 3.63) is 29.9 Å². The molecule has 0 aliphatic heterocycles. The summed E-state index contributed by atoms with van der Waals surface area (Å²) in [5.74, 6) is -1.56. The Kier molecular flexibility index (Phi) is 5.10. The minimum Gasteiger partial charge on any atom is -0.372 e. The normalized spacial score (nSPS) is 10.9. The molecule has 9 nitrogen and oxygen atoms in total. The Bertz CT molecular complexity index is 873. The molecule has 0 aliphatic rings. The summed E-state index contributed by atoms with van der Waals surface area (Å²) in [7, 11) is 1.66. The van der Waals surface area contributed by atoms with E-state index in [2.05, 4.69) is 35.6 Å². The molecule has 0 saturated heterocycles. The summed E-state index contributed by atoms with van der Waals surface area (Å²) in [4.78, 5) is 17.5. The maximum atomic E-state index is 12.5. The molecule has 0 unspecified atom stereocenters. The van der Waals surface area contributed by atoms with E-state index in [1.165, 1.54) is 23.1 Å². The lowest BCUT2D eigenvalue weighted by molar-refractivity contribution is -0.159. The summed E-state index contributed by atoms with van der Waals surface area (Å²) in [6.07, 6.45) is -3.00. The van der Waals surface area contributed by atoms with E-state index in [9.17, 15) is 13.2 Å². The second-order valence-electron chi connectivity index (χ2n) is 4.61. The molecule has 2 N–H and O–H groups in total. The number of aromatic nitrogens is 6. The number of halogens is 3. The van der Waals surface area contributed by atoms with Crippen LogP contribution >= 0.6 is 0 Å². The van der Waals surface area contributed by atoms with Gasteiger partial charge >= 0.3 is 12.1 Å². The molecule has 3 heterocycles. The number of aryl methyl sites for hydroxylation is 2. The molecule has 0 aliphatic carbocycles. The molecule has 0 spiro atoms. The van der Waals surface area contributed by atoms with E-state index in [4.69, 9.17) is 4.79 Å². The number of primary amides is 1. The van der Waals surface area contributed by atoms with Gasteiger partial charge < -0.3 is 10.3 Å². The number of rotatable bonds is 2. The van der Waals surface area contributed by atoms with Gasteiger partial charge in [-0.2, -0.15) is 33.1 Å². The van der Waals surface area contributed by atoms with Crippen LogP contribution in [0.4, 0.5) is 13.2 Å². The summed E-state index contributed by atoms with van der Waals surface area (Å²) in [5.41, 5.74) is 6.15. The lowest BCUT2D eigenvalue weighted by Gasteiger charge is -1.99. The van der Waals surface area contributed by atoms with Gasteiger partial charge in [-0.3, -0.25) is 9.78 Å². The fraction of sp³-hybridized carbons (Fsp3) is 0.231. The van der Waals surface area contributed by atoms with Gasteiger partial charge in [0.1, 0.15) is 5.69 Å². The zero-order chi connectivity index (χ0) is 18.6. The third-order valence-corrected chi connectivity index (χ3v) is 2.81. The van der Waals surface area contributed by atoms with Crippen molar-refractivity contribution in [3.8, 4) is 22.8 Å². The molecule has 3 aromatic rings. The highest BCUT2D eigenvalue weighted by Gasteiger charge is 2.38. The smallest absolute Gasteiger partial charge is 0.372 e. The second-order valence-corrected chi connectivity index (χ2v) is 4.61. The first-order valence-corrected chi connectivity index (χ1v) is 6.67. The van der Waals surface area contributed by atoms with Crippen LogP contribution in [-0.2, 0) is 18.0 Å². The first-order chi connectivity index (χ1) is 11.8. The van der Waals surface area contributed by atoms with E-state index in [1.54, 1.807) is 14.0 Å². The number of nitrogens with zero attached hydrogens (tertiary/aromatic N) is 6. The van der Waals surface area contributed by atoms with E-state index < -0.39 is 12.1 Å². The molecule has 0 fully saturated rings. The Morgan fingerprint density at radius 3 is 2.52 bits per heavy atom. The maximum Gasteiger partial charge on any atom is 0.471 e. The Morgan fingerprint density at radius 1 is 1.32 bits per heavy atom. The third kappa shape index (κ3) is 4.16. The lowest BCUT2D eigenvalue weighted by Crippen LogP contribution is -2.04. The highest BCUT2D eigenvalue weighted by atomic mass is 19.4. The number of nitrogens with two attached hydrogens (primary N) is 1. The van der Waals surface area contributed by atoms with E-state index in [0.29, 0.717) is 22.6 Å². The molecule has 0 atom stereocenters. The van der Waals surface area contributed by atoms with Gasteiger partial charge in [0.05, 0.1) is 11.4 Å². The molecule has 1 amide bonds. The average molecular weight is 355 g/mol. The molecule has 0 radical (unpaired) electrons. The van der Waals surface area contributed by atoms with E-state index in [0.717, 1.165) is 0 Å². The summed E-state index contributed by atoms with van der Waals surface area (Å²) in [5, 5.41) is 11.6. The fourth-order valence-corrected chi connectivity index (χ4v) is 1.90. The number of pyridine rings is 1. The summed E-state index contributed by atoms with van der Waals surface area (Å²) in [6, 6.07) is 3.02. The topological polar surface area (TPSA) is 126 Å². The number of alkyl halides is 3. The quantitative estimate of drug-likeness (QED) is 0.688. The highest BCUT2D eigenvalue weighted by Crippen LogP contribution is 2.30. The number of hydrogen-bond acceptors (Lipinski definition) is 7. The van der Waals surface area contributed by atoms with Gasteiger partial charge in [0.15, 0.2) is 0 Å². The van der Waals surface area contributed by atoms with Gasteiger partial charge in [0.25, 0.3) is 0 Å². The predicted octanol–water partition coefficient (Wildman–Crippen LogP) is 1.36. The molecule has 12 heteroatoms. The number of hydrogen-bond donors (Lipinski definition) is 1. The van der Waals surface area contributed by atoms with Crippen molar-refractivity contribution in [3.63, 3.8) is 0 Å². The minimum absolute atomic E-state index is 0.169. The van der Waals surface area contributed by atoms with Crippen LogP contribution in [0.3, 0.4) is 0 Å². The monoisotopic (exact) mass is 355 g/mol. The van der Waals surface area contributed by atoms with Gasteiger partial charge in [-0.1, -0.05) is 5.16 Å². The van der Waals surface area contributed by atoms with Crippen LogP contribution in [0.2, 0.25) is 0 Å². The maximum absolute atomic E-state index is 12.5. The van der Waals surface area contributed by atoms with Gasteiger partial charge in [-0.05, 0) is 19.1 Å². The van der Waals surface area contributed by atoms with Gasteiger partial charge in [0.2, 0.25) is 12.2 Å². The molecule has 0 bridgehead atoms. The van der Waals surface area contributed by atoms with Crippen molar-refractivity contribution in [1.29, 1.82) is 0 Å². The van der Waals surface area contributed by atoms with Gasteiger partial charge in [-0.15, -0.1) is 0 Å². The first kappa shape index (κ1) is 18.0. The van der Waals surface area contributed by atoms with Crippen LogP contribution in [0, 0.1) is 6.92 Å². The largest absolute Gasteiger partial charge is 0.471 e. The molecular formula is C13H12F3N7O2. The number of carbonyl (C=O) groups excluding carboxylic acids is 1. The number of amides is 1. The van der Waals surface area contributed by atoms with E-state index >= 15 is 0 Å². The van der Waals surface area contributed by atoms with Crippen molar-refractivity contribution in [2.75, 3.05) is 0 Å². The SMILES string of the molecule is Cc1nn(C)nc1-c1cc(-c2noc(C(F)(F)F)n2)ccn1.NC=O. The predicted molar refractivity (Wildman–Crippen MR) is 77.5 cm³/mol. The molecule has 0 aromatic carbocycles. The Labute approximate surface area is 138 Å². The Morgan fingerprint density at radius 2 is 2.00 bits per heavy atom. The molecule has 3 rings (SSSR count). The Hall–Kier alpha value is -3.31. The summed E-state index contributed by atoms with van der Waals surface area (Å²) in [6.45, 7) is 1.76. The van der Waals surface area contributed by atoms with Gasteiger partial charge in [0, 0.05) is 18.8 Å². The van der Waals surface area contributed by atoms with E-state index in [1.807, 2.05) is 0 Å². The summed E-state index contributed by atoms with van der Waals surface area (Å²) >= 11 is 0. The molecule has 3 aromatic heterocycles. The zero-order valence-corrected chi connectivity index (χ0v) is 13.0. The Balaban J connectivity index is 0.000000701. The average Bonchev–Trinajstić information content (AvgIpc) is 3.15. The van der Waals surface area contributed by atoms with Crippen LogP contribution in [-0.4, -0.2) is 36.5 Å². The van der Waals surface area contributed by atoms with Crippen molar-refractivity contribution >= 4 is 6.41 Å². The molecule has 25 heavy (non-hydrogen) atoms.